The van der Waals surface area contributed by atoms with E-state index in [4.69, 9.17) is 0 Å². The molecule has 0 unspecified atom stereocenters. The van der Waals surface area contributed by atoms with Gasteiger partial charge in [-0.05, 0) is 50.3 Å². The molecule has 0 radical (unpaired) electrons. The lowest BCUT2D eigenvalue weighted by Gasteiger charge is -2.32. The van der Waals surface area contributed by atoms with Crippen molar-refractivity contribution in [2.45, 2.75) is 32.7 Å². The number of nitrogens with zero attached hydrogens (tertiary/aromatic N) is 1. The molecule has 1 aromatic heterocycles. The van der Waals surface area contributed by atoms with Gasteiger partial charge in [-0.25, -0.2) is 0 Å². The highest BCUT2D eigenvalue weighted by molar-refractivity contribution is 7.08. The van der Waals surface area contributed by atoms with Crippen LogP contribution in [0.25, 0.3) is 0 Å². The Morgan fingerprint density at radius 1 is 1.08 bits per heavy atom. The molecular formula is C19H22N2O2S. The lowest BCUT2D eigenvalue weighted by Crippen LogP contribution is -2.46. The monoisotopic (exact) mass is 342 g/mol. The normalized spacial score (nSPS) is 15.3. The summed E-state index contributed by atoms with van der Waals surface area (Å²) in [5, 5.41) is 6.83. The Morgan fingerprint density at radius 2 is 1.75 bits per heavy atom. The van der Waals surface area contributed by atoms with E-state index in [1.165, 1.54) is 11.3 Å². The van der Waals surface area contributed by atoms with Crippen LogP contribution in [0.1, 0.15) is 44.7 Å². The second kappa shape index (κ2) is 7.18. The van der Waals surface area contributed by atoms with Crippen LogP contribution < -0.4 is 5.32 Å². The minimum absolute atomic E-state index is 0.0182. The van der Waals surface area contributed by atoms with Crippen LogP contribution in [0.2, 0.25) is 0 Å². The van der Waals surface area contributed by atoms with Crippen molar-refractivity contribution < 1.29 is 9.59 Å². The fourth-order valence-corrected chi connectivity index (χ4v) is 3.81. The summed E-state index contributed by atoms with van der Waals surface area (Å²) in [4.78, 5) is 26.7. The number of hydrogen-bond donors (Lipinski definition) is 1. The molecule has 2 aromatic rings. The highest BCUT2D eigenvalue weighted by Gasteiger charge is 2.25. The number of benzene rings is 1. The molecule has 4 nitrogen and oxygen atoms in total. The van der Waals surface area contributed by atoms with Crippen molar-refractivity contribution in [1.29, 1.82) is 0 Å². The fourth-order valence-electron chi connectivity index (χ4n) is 3.17. The highest BCUT2D eigenvalue weighted by Crippen LogP contribution is 2.17. The summed E-state index contributed by atoms with van der Waals surface area (Å²) in [6, 6.07) is 7.93. The topological polar surface area (TPSA) is 49.4 Å². The lowest BCUT2D eigenvalue weighted by atomic mass is 10.0. The van der Waals surface area contributed by atoms with Crippen LogP contribution >= 0.6 is 11.3 Å². The first-order valence-corrected chi connectivity index (χ1v) is 9.18. The first-order chi connectivity index (χ1) is 11.5. The van der Waals surface area contributed by atoms with Crippen LogP contribution in [0.3, 0.4) is 0 Å². The van der Waals surface area contributed by atoms with Crippen molar-refractivity contribution in [2.75, 3.05) is 13.1 Å². The summed E-state index contributed by atoms with van der Waals surface area (Å²) in [5.41, 5.74) is 3.69. The zero-order valence-electron chi connectivity index (χ0n) is 14.0. The summed E-state index contributed by atoms with van der Waals surface area (Å²) < 4.78 is 0. The number of nitrogens with one attached hydrogen (secondary N) is 1. The first-order valence-electron chi connectivity index (χ1n) is 8.23. The van der Waals surface area contributed by atoms with E-state index in [0.29, 0.717) is 18.7 Å². The molecule has 5 heteroatoms. The van der Waals surface area contributed by atoms with E-state index >= 15 is 0 Å². The first kappa shape index (κ1) is 16.7. The summed E-state index contributed by atoms with van der Waals surface area (Å²) in [6.07, 6.45) is 1.60. The molecule has 24 heavy (non-hydrogen) atoms. The second-order valence-corrected chi connectivity index (χ2v) is 7.21. The van der Waals surface area contributed by atoms with Gasteiger partial charge in [0.15, 0.2) is 0 Å². The average Bonchev–Trinajstić information content (AvgIpc) is 3.08. The smallest absolute Gasteiger partial charge is 0.253 e. The zero-order valence-corrected chi connectivity index (χ0v) is 14.9. The van der Waals surface area contributed by atoms with Crippen LogP contribution in [0.4, 0.5) is 0 Å². The van der Waals surface area contributed by atoms with Gasteiger partial charge in [0.25, 0.3) is 11.8 Å². The molecule has 1 N–H and O–H groups in total. The predicted molar refractivity (Wildman–Crippen MR) is 96.6 cm³/mol. The van der Waals surface area contributed by atoms with Gasteiger partial charge in [-0.1, -0.05) is 17.2 Å². The van der Waals surface area contributed by atoms with E-state index in [9.17, 15) is 9.59 Å². The van der Waals surface area contributed by atoms with Gasteiger partial charge < -0.3 is 10.2 Å². The van der Waals surface area contributed by atoms with E-state index in [2.05, 4.69) is 11.4 Å². The Kier molecular flexibility index (Phi) is 5.00. The van der Waals surface area contributed by atoms with Crippen LogP contribution in [0, 0.1) is 13.8 Å². The summed E-state index contributed by atoms with van der Waals surface area (Å²) in [7, 11) is 0. The molecule has 2 heterocycles. The molecule has 1 saturated heterocycles. The van der Waals surface area contributed by atoms with Crippen molar-refractivity contribution in [3.63, 3.8) is 0 Å². The molecule has 0 saturated carbocycles. The Bertz CT molecular complexity index is 712. The van der Waals surface area contributed by atoms with E-state index in [-0.39, 0.29) is 17.9 Å². The van der Waals surface area contributed by atoms with Crippen LogP contribution in [0.15, 0.2) is 35.0 Å². The average molecular weight is 342 g/mol. The third-order valence-electron chi connectivity index (χ3n) is 4.37. The molecule has 1 aromatic carbocycles. The van der Waals surface area contributed by atoms with Crippen molar-refractivity contribution in [3.05, 3.63) is 57.3 Å². The molecule has 0 atom stereocenters. The quantitative estimate of drug-likeness (QED) is 0.929. The number of hydrogen-bond acceptors (Lipinski definition) is 3. The third-order valence-corrected chi connectivity index (χ3v) is 5.05. The van der Waals surface area contributed by atoms with Gasteiger partial charge in [0.1, 0.15) is 0 Å². The van der Waals surface area contributed by atoms with Gasteiger partial charge in [0.2, 0.25) is 0 Å². The van der Waals surface area contributed by atoms with Gasteiger partial charge in [-0.15, -0.1) is 0 Å². The maximum Gasteiger partial charge on any atom is 0.253 e. The van der Waals surface area contributed by atoms with Crippen molar-refractivity contribution >= 4 is 23.2 Å². The maximum atomic E-state index is 12.7. The lowest BCUT2D eigenvalue weighted by molar-refractivity contribution is 0.0698. The van der Waals surface area contributed by atoms with Crippen molar-refractivity contribution in [3.8, 4) is 0 Å². The zero-order chi connectivity index (χ0) is 17.1. The molecule has 1 aliphatic rings. The number of likely N-dealkylation sites (tertiary alicyclic amines) is 1. The molecule has 2 amide bonds. The Balaban J connectivity index is 1.56. The van der Waals surface area contributed by atoms with Crippen LogP contribution in [0.5, 0.6) is 0 Å². The number of carbonyl (C=O) groups is 2. The molecule has 0 bridgehead atoms. The number of carbonyl (C=O) groups excluding carboxylic acids is 2. The molecule has 1 aliphatic heterocycles. The third kappa shape index (κ3) is 3.85. The van der Waals surface area contributed by atoms with Crippen LogP contribution in [-0.4, -0.2) is 35.8 Å². The minimum atomic E-state index is -0.0182. The van der Waals surface area contributed by atoms with Gasteiger partial charge in [-0.2, -0.15) is 11.3 Å². The van der Waals surface area contributed by atoms with E-state index < -0.39 is 0 Å². The van der Waals surface area contributed by atoms with Gasteiger partial charge in [-0.3, -0.25) is 9.59 Å². The molecular weight excluding hydrogens is 320 g/mol. The Hall–Kier alpha value is -2.14. The van der Waals surface area contributed by atoms with Crippen molar-refractivity contribution in [2.24, 2.45) is 0 Å². The number of thiophene rings is 1. The summed E-state index contributed by atoms with van der Waals surface area (Å²) >= 11 is 1.52. The Labute approximate surface area is 146 Å². The number of rotatable bonds is 3. The number of amides is 2. The Morgan fingerprint density at radius 3 is 2.33 bits per heavy atom. The highest BCUT2D eigenvalue weighted by atomic mass is 32.1. The van der Waals surface area contributed by atoms with Crippen LogP contribution in [-0.2, 0) is 0 Å². The summed E-state index contributed by atoms with van der Waals surface area (Å²) in [5.74, 6) is 0.0692. The second-order valence-electron chi connectivity index (χ2n) is 6.43. The molecule has 126 valence electrons. The SMILES string of the molecule is Cc1cc(C)cc(C(=O)N2CCC(NC(=O)c3ccsc3)CC2)c1. The van der Waals surface area contributed by atoms with Crippen molar-refractivity contribution in [1.82, 2.24) is 10.2 Å². The maximum absolute atomic E-state index is 12.7. The van der Waals surface area contributed by atoms with Gasteiger partial charge >= 0.3 is 0 Å². The molecule has 0 aliphatic carbocycles. The van der Waals surface area contributed by atoms with E-state index in [0.717, 1.165) is 29.5 Å². The summed E-state index contributed by atoms with van der Waals surface area (Å²) in [6.45, 7) is 5.38. The largest absolute Gasteiger partial charge is 0.349 e. The van der Waals surface area contributed by atoms with E-state index in [1.807, 2.05) is 47.7 Å². The van der Waals surface area contributed by atoms with E-state index in [1.54, 1.807) is 0 Å². The van der Waals surface area contributed by atoms with Gasteiger partial charge in [0.05, 0.1) is 0 Å². The molecule has 3 rings (SSSR count). The van der Waals surface area contributed by atoms with Gasteiger partial charge in [0, 0.05) is 35.6 Å². The standard InChI is InChI=1S/C19H22N2O2S/c1-13-9-14(2)11-16(10-13)19(23)21-6-3-17(4-7-21)20-18(22)15-5-8-24-12-15/h5,8-12,17H,3-4,6-7H2,1-2H3,(H,20,22). The predicted octanol–water partition coefficient (Wildman–Crippen LogP) is 3.40. The fraction of sp³-hybridized carbons (Fsp3) is 0.368. The molecule has 0 spiro atoms. The number of piperidine rings is 1. The number of aryl methyl sites for hydroxylation is 2. The minimum Gasteiger partial charge on any atom is -0.349 e. The molecule has 1 fully saturated rings.